The van der Waals surface area contributed by atoms with Gasteiger partial charge < -0.3 is 5.32 Å². The number of nitrogens with one attached hydrogen (secondary N) is 1. The van der Waals surface area contributed by atoms with Crippen LogP contribution in [-0.4, -0.2) is 24.9 Å². The van der Waals surface area contributed by atoms with Crippen molar-refractivity contribution in [3.63, 3.8) is 0 Å². The first-order chi connectivity index (χ1) is 6.21. The van der Waals surface area contributed by atoms with E-state index in [-0.39, 0.29) is 6.04 Å². The minimum atomic E-state index is -5.22. The van der Waals surface area contributed by atoms with E-state index in [0.29, 0.717) is 12.8 Å². The van der Waals surface area contributed by atoms with Gasteiger partial charge >= 0.3 is 12.4 Å². The maximum atomic E-state index is 11.9. The standard InChI is InChI=1S/C7H9F6N/c8-6(9,10)5(7(11,12)13)3-14-4-1-2-4/h4-5,14H,1-3H2. The molecule has 0 unspecified atom stereocenters. The first kappa shape index (κ1) is 11.6. The Kier molecular flexibility index (Phi) is 2.99. The molecule has 1 aliphatic rings. The molecule has 7 heteroatoms. The molecule has 0 radical (unpaired) electrons. The van der Waals surface area contributed by atoms with E-state index >= 15 is 0 Å². The maximum absolute atomic E-state index is 11.9. The van der Waals surface area contributed by atoms with Crippen LogP contribution in [0.1, 0.15) is 12.8 Å². The van der Waals surface area contributed by atoms with E-state index in [1.807, 2.05) is 0 Å². The molecule has 0 amide bonds. The summed E-state index contributed by atoms with van der Waals surface area (Å²) in [5.41, 5.74) is 0. The summed E-state index contributed by atoms with van der Waals surface area (Å²) >= 11 is 0. The molecule has 1 nitrogen and oxygen atoms in total. The number of hydrogen-bond donors (Lipinski definition) is 1. The maximum Gasteiger partial charge on any atom is 0.401 e. The molecule has 0 aromatic heterocycles. The fourth-order valence-electron chi connectivity index (χ4n) is 0.989. The lowest BCUT2D eigenvalue weighted by molar-refractivity contribution is -0.282. The van der Waals surface area contributed by atoms with Gasteiger partial charge in [-0.1, -0.05) is 0 Å². The molecule has 0 aliphatic heterocycles. The van der Waals surface area contributed by atoms with E-state index in [1.165, 1.54) is 0 Å². The number of alkyl halides is 6. The van der Waals surface area contributed by atoms with E-state index in [0.717, 1.165) is 0 Å². The summed E-state index contributed by atoms with van der Waals surface area (Å²) in [6.45, 7) is -1.07. The molecule has 0 saturated heterocycles. The number of rotatable bonds is 3. The predicted octanol–water partition coefficient (Wildman–Crippen LogP) is 2.48. The Labute approximate surface area is 76.5 Å². The highest BCUT2D eigenvalue weighted by atomic mass is 19.4. The van der Waals surface area contributed by atoms with Crippen LogP contribution >= 0.6 is 0 Å². The summed E-state index contributed by atoms with van der Waals surface area (Å²) in [5, 5.41) is 2.23. The van der Waals surface area contributed by atoms with Crippen LogP contribution in [-0.2, 0) is 0 Å². The van der Waals surface area contributed by atoms with Crippen LogP contribution in [0, 0.1) is 5.92 Å². The Hall–Kier alpha value is -0.460. The van der Waals surface area contributed by atoms with Gasteiger partial charge in [0.05, 0.1) is 0 Å². The Morgan fingerprint density at radius 1 is 1.00 bits per heavy atom. The average molecular weight is 221 g/mol. The molecule has 0 aromatic rings. The smallest absolute Gasteiger partial charge is 0.313 e. The van der Waals surface area contributed by atoms with Gasteiger partial charge in [0, 0.05) is 12.6 Å². The van der Waals surface area contributed by atoms with Gasteiger partial charge in [0.1, 0.15) is 0 Å². The van der Waals surface area contributed by atoms with E-state index in [9.17, 15) is 26.3 Å². The zero-order valence-electron chi connectivity index (χ0n) is 7.04. The third-order valence-corrected chi connectivity index (χ3v) is 1.98. The highest BCUT2D eigenvalue weighted by molar-refractivity contribution is 4.85. The van der Waals surface area contributed by atoms with Gasteiger partial charge in [-0.25, -0.2) is 0 Å². The lowest BCUT2D eigenvalue weighted by atomic mass is 10.1. The van der Waals surface area contributed by atoms with Crippen molar-refractivity contribution in [1.82, 2.24) is 5.32 Å². The van der Waals surface area contributed by atoms with E-state index in [2.05, 4.69) is 5.32 Å². The molecule has 84 valence electrons. The number of hydrogen-bond acceptors (Lipinski definition) is 1. The third kappa shape index (κ3) is 3.36. The van der Waals surface area contributed by atoms with Crippen LogP contribution in [0.25, 0.3) is 0 Å². The van der Waals surface area contributed by atoms with Crippen molar-refractivity contribution >= 4 is 0 Å². The molecule has 0 bridgehead atoms. The Balaban J connectivity index is 2.51. The Morgan fingerprint density at radius 2 is 1.43 bits per heavy atom. The third-order valence-electron chi connectivity index (χ3n) is 1.98. The largest absolute Gasteiger partial charge is 0.401 e. The second-order valence-corrected chi connectivity index (χ2v) is 3.32. The first-order valence-corrected chi connectivity index (χ1v) is 4.08. The van der Waals surface area contributed by atoms with Crippen molar-refractivity contribution in [1.29, 1.82) is 0 Å². The van der Waals surface area contributed by atoms with Crippen LogP contribution in [0.2, 0.25) is 0 Å². The second kappa shape index (κ2) is 3.60. The van der Waals surface area contributed by atoms with Crippen molar-refractivity contribution in [3.8, 4) is 0 Å². The van der Waals surface area contributed by atoms with Gasteiger partial charge in [0.2, 0.25) is 0 Å². The van der Waals surface area contributed by atoms with Gasteiger partial charge in [-0.3, -0.25) is 0 Å². The normalized spacial score (nSPS) is 19.1. The topological polar surface area (TPSA) is 12.0 Å². The SMILES string of the molecule is FC(F)(F)C(CNC1CC1)C(F)(F)F. The lowest BCUT2D eigenvalue weighted by Gasteiger charge is -2.23. The van der Waals surface area contributed by atoms with Gasteiger partial charge in [-0.2, -0.15) is 26.3 Å². The fourth-order valence-corrected chi connectivity index (χ4v) is 0.989. The van der Waals surface area contributed by atoms with Crippen LogP contribution in [0.5, 0.6) is 0 Å². The highest BCUT2D eigenvalue weighted by Crippen LogP contribution is 2.39. The van der Waals surface area contributed by atoms with Crippen LogP contribution in [0.4, 0.5) is 26.3 Å². The molecule has 1 rings (SSSR count). The number of halogens is 6. The molecule has 1 fully saturated rings. The van der Waals surface area contributed by atoms with Gasteiger partial charge in [-0.15, -0.1) is 0 Å². The second-order valence-electron chi connectivity index (χ2n) is 3.32. The average Bonchev–Trinajstić information content (AvgIpc) is 2.64. The highest BCUT2D eigenvalue weighted by Gasteiger charge is 2.56. The molecular formula is C7H9F6N. The summed E-state index contributed by atoms with van der Waals surface area (Å²) in [4.78, 5) is 0. The van der Waals surface area contributed by atoms with Gasteiger partial charge in [0.25, 0.3) is 0 Å². The summed E-state index contributed by atoms with van der Waals surface area (Å²) in [5.74, 6) is -3.25. The van der Waals surface area contributed by atoms with Crippen molar-refractivity contribution in [2.75, 3.05) is 6.54 Å². The molecule has 14 heavy (non-hydrogen) atoms. The molecule has 1 aliphatic carbocycles. The van der Waals surface area contributed by atoms with Gasteiger partial charge in [-0.05, 0) is 12.8 Å². The minimum Gasteiger partial charge on any atom is -0.313 e. The summed E-state index contributed by atoms with van der Waals surface area (Å²) in [6, 6.07) is -0.165. The van der Waals surface area contributed by atoms with E-state index in [4.69, 9.17) is 0 Å². The summed E-state index contributed by atoms with van der Waals surface area (Å²) in [7, 11) is 0. The zero-order valence-corrected chi connectivity index (χ0v) is 7.04. The summed E-state index contributed by atoms with van der Waals surface area (Å²) < 4.78 is 71.6. The van der Waals surface area contributed by atoms with Crippen molar-refractivity contribution in [2.24, 2.45) is 5.92 Å². The van der Waals surface area contributed by atoms with Crippen LogP contribution in [0.3, 0.4) is 0 Å². The first-order valence-electron chi connectivity index (χ1n) is 4.08. The summed E-state index contributed by atoms with van der Waals surface area (Å²) in [6.07, 6.45) is -9.13. The zero-order chi connectivity index (χ0) is 11.0. The molecular weight excluding hydrogens is 212 g/mol. The molecule has 0 spiro atoms. The van der Waals surface area contributed by atoms with Crippen molar-refractivity contribution in [2.45, 2.75) is 31.2 Å². The lowest BCUT2D eigenvalue weighted by Crippen LogP contribution is -2.43. The van der Waals surface area contributed by atoms with Gasteiger partial charge in [0.15, 0.2) is 5.92 Å². The predicted molar refractivity (Wildman–Crippen MR) is 36.6 cm³/mol. The minimum absolute atomic E-state index is 0.165. The van der Waals surface area contributed by atoms with Crippen LogP contribution < -0.4 is 5.32 Å². The van der Waals surface area contributed by atoms with E-state index in [1.54, 1.807) is 0 Å². The molecule has 1 N–H and O–H groups in total. The quantitative estimate of drug-likeness (QED) is 0.722. The molecule has 0 atom stereocenters. The van der Waals surface area contributed by atoms with Crippen molar-refractivity contribution < 1.29 is 26.3 Å². The monoisotopic (exact) mass is 221 g/mol. The fraction of sp³-hybridized carbons (Fsp3) is 1.00. The van der Waals surface area contributed by atoms with Crippen LogP contribution in [0.15, 0.2) is 0 Å². The molecule has 0 heterocycles. The molecule has 0 aromatic carbocycles. The molecule has 1 saturated carbocycles. The Bertz CT molecular complexity index is 177. The Morgan fingerprint density at radius 3 is 1.71 bits per heavy atom. The van der Waals surface area contributed by atoms with Crippen molar-refractivity contribution in [3.05, 3.63) is 0 Å². The van der Waals surface area contributed by atoms with E-state index < -0.39 is 24.8 Å².